The summed E-state index contributed by atoms with van der Waals surface area (Å²) in [6.07, 6.45) is -0.226. The molecule has 3 aliphatic rings. The quantitative estimate of drug-likeness (QED) is 0.323. The highest BCUT2D eigenvalue weighted by Gasteiger charge is 2.53. The van der Waals surface area contributed by atoms with E-state index in [-0.39, 0.29) is 36.7 Å². The second kappa shape index (κ2) is 11.5. The predicted octanol–water partition coefficient (Wildman–Crippen LogP) is 2.22. The van der Waals surface area contributed by atoms with E-state index in [4.69, 9.17) is 10.3 Å². The van der Waals surface area contributed by atoms with Crippen LogP contribution in [0.4, 0.5) is 5.69 Å². The zero-order chi connectivity index (χ0) is 26.7. The highest BCUT2D eigenvalue weighted by atomic mass is 16.5. The molecule has 1 aromatic rings. The van der Waals surface area contributed by atoms with Gasteiger partial charge in [0.2, 0.25) is 5.91 Å². The van der Waals surface area contributed by atoms with E-state index < -0.39 is 24.2 Å². The number of carbonyl (C=O) groups excluding carboxylic acids is 3. The Hall–Kier alpha value is -3.14. The largest absolute Gasteiger partial charge is 0.369 e. The van der Waals surface area contributed by atoms with Crippen molar-refractivity contribution in [2.75, 3.05) is 44.2 Å². The van der Waals surface area contributed by atoms with E-state index in [1.807, 2.05) is 26.0 Å². The van der Waals surface area contributed by atoms with Gasteiger partial charge >= 0.3 is 0 Å². The van der Waals surface area contributed by atoms with Crippen molar-refractivity contribution in [3.05, 3.63) is 40.3 Å². The van der Waals surface area contributed by atoms with Crippen molar-refractivity contribution in [3.63, 3.8) is 0 Å². The molecule has 0 radical (unpaired) electrons. The Morgan fingerprint density at radius 1 is 1.14 bits per heavy atom. The third kappa shape index (κ3) is 5.89. The van der Waals surface area contributed by atoms with Crippen LogP contribution in [0.25, 0.3) is 10.4 Å². The lowest BCUT2D eigenvalue weighted by atomic mass is 10.0. The molecule has 11 heteroatoms. The molecular formula is C26H37N7O4. The van der Waals surface area contributed by atoms with Crippen molar-refractivity contribution >= 4 is 23.3 Å². The Balaban J connectivity index is 1.44. The summed E-state index contributed by atoms with van der Waals surface area (Å²) in [6.45, 7) is 12.2. The van der Waals surface area contributed by atoms with Gasteiger partial charge in [0.05, 0.1) is 12.1 Å². The lowest BCUT2D eigenvalue weighted by Crippen LogP contribution is -2.52. The van der Waals surface area contributed by atoms with E-state index in [0.29, 0.717) is 18.0 Å². The number of piperazine rings is 1. The molecule has 3 saturated heterocycles. The molecule has 4 rings (SSSR count). The summed E-state index contributed by atoms with van der Waals surface area (Å²) >= 11 is 0. The summed E-state index contributed by atoms with van der Waals surface area (Å²) in [5.74, 6) is -0.783. The molecule has 0 unspecified atom stereocenters. The van der Waals surface area contributed by atoms with E-state index in [9.17, 15) is 14.4 Å². The van der Waals surface area contributed by atoms with Gasteiger partial charge in [-0.1, -0.05) is 19.0 Å². The number of nitrogens with one attached hydrogen (secondary N) is 1. The average molecular weight is 512 g/mol. The number of azide groups is 1. The van der Waals surface area contributed by atoms with Crippen LogP contribution in [-0.2, 0) is 14.3 Å². The first kappa shape index (κ1) is 26.9. The molecule has 1 N–H and O–H groups in total. The van der Waals surface area contributed by atoms with Crippen LogP contribution in [0.3, 0.4) is 0 Å². The molecule has 0 bridgehead atoms. The zero-order valence-corrected chi connectivity index (χ0v) is 22.0. The Morgan fingerprint density at radius 3 is 2.41 bits per heavy atom. The van der Waals surface area contributed by atoms with Crippen LogP contribution in [0.1, 0.15) is 44.5 Å². The minimum absolute atomic E-state index is 0.0905. The van der Waals surface area contributed by atoms with Gasteiger partial charge in [0.1, 0.15) is 18.7 Å². The number of anilines is 1. The van der Waals surface area contributed by atoms with Crippen molar-refractivity contribution in [1.29, 1.82) is 0 Å². The van der Waals surface area contributed by atoms with Crippen molar-refractivity contribution in [3.8, 4) is 0 Å². The lowest BCUT2D eigenvalue weighted by Gasteiger charge is -2.38. The average Bonchev–Trinajstić information content (AvgIpc) is 3.44. The van der Waals surface area contributed by atoms with Gasteiger partial charge < -0.3 is 19.9 Å². The van der Waals surface area contributed by atoms with E-state index >= 15 is 0 Å². The number of Topliss-reactive ketones (excluding diaryl/α,β-unsaturated/α-hetero) is 1. The van der Waals surface area contributed by atoms with Crippen LogP contribution in [0.5, 0.6) is 0 Å². The smallest absolute Gasteiger partial charge is 0.251 e. The first-order valence-electron chi connectivity index (χ1n) is 13.1. The number of hydrogen-bond donors (Lipinski definition) is 1. The van der Waals surface area contributed by atoms with Crippen LogP contribution in [0, 0.1) is 5.92 Å². The fourth-order valence-electron chi connectivity index (χ4n) is 5.48. The normalized spacial score (nSPS) is 24.8. The van der Waals surface area contributed by atoms with Crippen LogP contribution in [0.2, 0.25) is 0 Å². The molecule has 0 saturated carbocycles. The number of carbonyl (C=O) groups is 3. The lowest BCUT2D eigenvalue weighted by molar-refractivity contribution is -0.138. The molecule has 11 nitrogen and oxygen atoms in total. The molecule has 2 amide bonds. The molecule has 200 valence electrons. The molecule has 3 heterocycles. The predicted molar refractivity (Wildman–Crippen MR) is 139 cm³/mol. The van der Waals surface area contributed by atoms with E-state index in [1.54, 1.807) is 12.1 Å². The Morgan fingerprint density at radius 2 is 1.81 bits per heavy atom. The van der Waals surface area contributed by atoms with Crippen molar-refractivity contribution in [2.24, 2.45) is 11.0 Å². The second-order valence-corrected chi connectivity index (χ2v) is 10.8. The van der Waals surface area contributed by atoms with E-state index in [0.717, 1.165) is 31.9 Å². The molecule has 37 heavy (non-hydrogen) atoms. The van der Waals surface area contributed by atoms with Crippen molar-refractivity contribution < 1.29 is 19.1 Å². The number of fused-ring (bicyclic) bond motifs is 1. The molecule has 0 aromatic heterocycles. The molecular weight excluding hydrogens is 474 g/mol. The number of benzene rings is 1. The van der Waals surface area contributed by atoms with Gasteiger partial charge in [0.15, 0.2) is 5.78 Å². The maximum Gasteiger partial charge on any atom is 0.251 e. The Labute approximate surface area is 217 Å². The number of hydrogen-bond acceptors (Lipinski definition) is 7. The minimum Gasteiger partial charge on any atom is -0.369 e. The summed E-state index contributed by atoms with van der Waals surface area (Å²) in [4.78, 5) is 48.3. The third-order valence-corrected chi connectivity index (χ3v) is 7.49. The first-order chi connectivity index (χ1) is 17.7. The molecule has 4 atom stereocenters. The molecule has 0 spiro atoms. The highest BCUT2D eigenvalue weighted by molar-refractivity contribution is 5.99. The summed E-state index contributed by atoms with van der Waals surface area (Å²) in [5, 5.41) is 6.63. The van der Waals surface area contributed by atoms with Gasteiger partial charge in [0, 0.05) is 54.9 Å². The third-order valence-electron chi connectivity index (χ3n) is 7.49. The summed E-state index contributed by atoms with van der Waals surface area (Å²) in [5.41, 5.74) is 10.4. The van der Waals surface area contributed by atoms with Crippen LogP contribution >= 0.6 is 0 Å². The summed E-state index contributed by atoms with van der Waals surface area (Å²) in [6, 6.07) is 5.77. The van der Waals surface area contributed by atoms with Gasteiger partial charge in [0.25, 0.3) is 5.91 Å². The maximum absolute atomic E-state index is 13.6. The van der Waals surface area contributed by atoms with Gasteiger partial charge in [-0.25, -0.2) is 0 Å². The number of nitrogens with zero attached hydrogens (tertiary/aromatic N) is 6. The monoisotopic (exact) mass is 511 g/mol. The standard InChI is InChI=1S/C26H37N7O4/c1-16(2)13-20(26(36)33-14-21(29-30-27)24-23(33)22(34)15-37-24)28-25(35)18-5-7-19(8-6-18)32-11-9-31(10-12-32)17(3)4/h5-8,16-17,20-21,23-24H,9-15H2,1-4H3,(H,28,35)/t20-,21-,23+,24+/m0/s1. The summed E-state index contributed by atoms with van der Waals surface area (Å²) in [7, 11) is 0. The minimum atomic E-state index is -0.810. The van der Waals surface area contributed by atoms with Crippen LogP contribution in [0.15, 0.2) is 29.4 Å². The molecule has 1 aromatic carbocycles. The zero-order valence-electron chi connectivity index (χ0n) is 22.0. The summed E-state index contributed by atoms with van der Waals surface area (Å²) < 4.78 is 5.52. The second-order valence-electron chi connectivity index (χ2n) is 10.8. The number of likely N-dealkylation sites (tertiary alicyclic amines) is 1. The van der Waals surface area contributed by atoms with Crippen LogP contribution in [-0.4, -0.2) is 97.0 Å². The number of amides is 2. The highest BCUT2D eigenvalue weighted by Crippen LogP contribution is 2.30. The number of ether oxygens (including phenoxy) is 1. The molecule has 3 fully saturated rings. The topological polar surface area (TPSA) is 131 Å². The fraction of sp³-hybridized carbons (Fsp3) is 0.654. The van der Waals surface area contributed by atoms with E-state index in [1.165, 1.54) is 4.90 Å². The van der Waals surface area contributed by atoms with Crippen molar-refractivity contribution in [2.45, 2.75) is 64.4 Å². The number of ketones is 1. The fourth-order valence-corrected chi connectivity index (χ4v) is 5.48. The number of rotatable bonds is 8. The van der Waals surface area contributed by atoms with Gasteiger partial charge in [-0.3, -0.25) is 19.3 Å². The SMILES string of the molecule is CC(C)C[C@H](NC(=O)c1ccc(N2CCN(C(C)C)CC2)cc1)C(=O)N1C[C@H](N=[N+]=[N-])[C@H]2OCC(=O)[C@H]21. The van der Waals surface area contributed by atoms with Gasteiger partial charge in [-0.2, -0.15) is 0 Å². The molecule has 3 aliphatic heterocycles. The first-order valence-corrected chi connectivity index (χ1v) is 13.1. The van der Waals surface area contributed by atoms with Crippen molar-refractivity contribution in [1.82, 2.24) is 15.1 Å². The van der Waals surface area contributed by atoms with Gasteiger partial charge in [-0.15, -0.1) is 0 Å². The Kier molecular flexibility index (Phi) is 8.36. The van der Waals surface area contributed by atoms with E-state index in [2.05, 4.69) is 39.0 Å². The van der Waals surface area contributed by atoms with Gasteiger partial charge in [-0.05, 0) is 56.0 Å². The van der Waals surface area contributed by atoms with Crippen LogP contribution < -0.4 is 10.2 Å². The molecule has 0 aliphatic carbocycles. The Bertz CT molecular complexity index is 1050. The maximum atomic E-state index is 13.6.